The Morgan fingerprint density at radius 3 is 2.38 bits per heavy atom. The topological polar surface area (TPSA) is 78.4 Å². The van der Waals surface area contributed by atoms with Crippen LogP contribution in [0.15, 0.2) is 0 Å². The standard InChI is InChI=1S/C8H13F3N2O3/c1-5(8(9,10)11)13-7(16)12-4-2-3-6(14)15/h5H,2-4H2,1H3,(H,14,15)(H2,12,13,16). The molecule has 0 aromatic heterocycles. The molecule has 0 spiro atoms. The van der Waals surface area contributed by atoms with Crippen molar-refractivity contribution in [2.24, 2.45) is 0 Å². The van der Waals surface area contributed by atoms with Crippen LogP contribution in [-0.4, -0.2) is 35.9 Å². The van der Waals surface area contributed by atoms with Crippen LogP contribution in [0.2, 0.25) is 0 Å². The molecule has 5 nitrogen and oxygen atoms in total. The molecule has 0 saturated heterocycles. The van der Waals surface area contributed by atoms with E-state index in [0.717, 1.165) is 6.92 Å². The zero-order chi connectivity index (χ0) is 12.8. The summed E-state index contributed by atoms with van der Waals surface area (Å²) in [6.45, 7) is 0.833. The molecule has 16 heavy (non-hydrogen) atoms. The molecule has 0 aliphatic rings. The van der Waals surface area contributed by atoms with Gasteiger partial charge in [0.15, 0.2) is 0 Å². The van der Waals surface area contributed by atoms with Crippen LogP contribution in [0.4, 0.5) is 18.0 Å². The molecule has 1 unspecified atom stereocenters. The van der Waals surface area contributed by atoms with Crippen molar-refractivity contribution in [1.82, 2.24) is 10.6 Å². The van der Waals surface area contributed by atoms with E-state index in [2.05, 4.69) is 5.32 Å². The second kappa shape index (κ2) is 6.19. The number of carboxylic acids is 1. The average Bonchev–Trinajstić information content (AvgIpc) is 2.10. The molecular weight excluding hydrogens is 229 g/mol. The molecule has 0 bridgehead atoms. The van der Waals surface area contributed by atoms with Crippen LogP contribution >= 0.6 is 0 Å². The highest BCUT2D eigenvalue weighted by molar-refractivity contribution is 5.74. The van der Waals surface area contributed by atoms with Gasteiger partial charge in [-0.15, -0.1) is 0 Å². The zero-order valence-electron chi connectivity index (χ0n) is 8.60. The Hall–Kier alpha value is -1.47. The lowest BCUT2D eigenvalue weighted by Crippen LogP contribution is -2.47. The fraction of sp³-hybridized carbons (Fsp3) is 0.750. The second-order valence-electron chi connectivity index (χ2n) is 3.16. The SMILES string of the molecule is CC(NC(=O)NCCCC(=O)O)C(F)(F)F. The average molecular weight is 242 g/mol. The number of urea groups is 1. The molecule has 0 radical (unpaired) electrons. The first kappa shape index (κ1) is 14.5. The van der Waals surface area contributed by atoms with Gasteiger partial charge in [-0.25, -0.2) is 4.79 Å². The quantitative estimate of drug-likeness (QED) is 0.632. The van der Waals surface area contributed by atoms with Gasteiger partial charge >= 0.3 is 18.2 Å². The molecule has 0 aliphatic carbocycles. The lowest BCUT2D eigenvalue weighted by molar-refractivity contribution is -0.148. The number of carboxylic acid groups (broad SMARTS) is 1. The van der Waals surface area contributed by atoms with Crippen molar-refractivity contribution < 1.29 is 27.9 Å². The van der Waals surface area contributed by atoms with Gasteiger partial charge in [-0.2, -0.15) is 13.2 Å². The Kier molecular flexibility index (Phi) is 5.62. The molecule has 0 heterocycles. The summed E-state index contributed by atoms with van der Waals surface area (Å²) in [7, 11) is 0. The Morgan fingerprint density at radius 2 is 1.94 bits per heavy atom. The van der Waals surface area contributed by atoms with Gasteiger partial charge in [0, 0.05) is 13.0 Å². The Labute approximate surface area is 90.0 Å². The van der Waals surface area contributed by atoms with Crippen molar-refractivity contribution in [3.8, 4) is 0 Å². The number of aliphatic carboxylic acids is 1. The number of rotatable bonds is 5. The minimum atomic E-state index is -4.49. The van der Waals surface area contributed by atoms with Gasteiger partial charge in [-0.1, -0.05) is 0 Å². The first-order valence-electron chi connectivity index (χ1n) is 4.56. The van der Waals surface area contributed by atoms with E-state index in [9.17, 15) is 22.8 Å². The summed E-state index contributed by atoms with van der Waals surface area (Å²) < 4.78 is 36.0. The largest absolute Gasteiger partial charge is 0.481 e. The van der Waals surface area contributed by atoms with Crippen molar-refractivity contribution >= 4 is 12.0 Å². The fourth-order valence-electron chi connectivity index (χ4n) is 0.771. The molecule has 94 valence electrons. The predicted molar refractivity (Wildman–Crippen MR) is 48.9 cm³/mol. The van der Waals surface area contributed by atoms with Crippen molar-refractivity contribution in [2.45, 2.75) is 32.0 Å². The summed E-state index contributed by atoms with van der Waals surface area (Å²) in [5.41, 5.74) is 0. The third kappa shape index (κ3) is 6.91. The molecule has 0 aromatic rings. The van der Waals surface area contributed by atoms with E-state index in [1.54, 1.807) is 5.32 Å². The molecular formula is C8H13F3N2O3. The van der Waals surface area contributed by atoms with Gasteiger partial charge in [-0.05, 0) is 13.3 Å². The third-order valence-electron chi connectivity index (χ3n) is 1.69. The molecule has 8 heteroatoms. The van der Waals surface area contributed by atoms with E-state index >= 15 is 0 Å². The first-order chi connectivity index (χ1) is 7.23. The summed E-state index contributed by atoms with van der Waals surface area (Å²) >= 11 is 0. The van der Waals surface area contributed by atoms with E-state index in [4.69, 9.17) is 5.11 Å². The molecule has 3 N–H and O–H groups in total. The number of carbonyl (C=O) groups excluding carboxylic acids is 1. The smallest absolute Gasteiger partial charge is 0.408 e. The van der Waals surface area contributed by atoms with Gasteiger partial charge in [0.25, 0.3) is 0 Å². The second-order valence-corrected chi connectivity index (χ2v) is 3.16. The van der Waals surface area contributed by atoms with Gasteiger partial charge in [0.05, 0.1) is 0 Å². The minimum Gasteiger partial charge on any atom is -0.481 e. The van der Waals surface area contributed by atoms with Crippen molar-refractivity contribution in [1.29, 1.82) is 0 Å². The van der Waals surface area contributed by atoms with Gasteiger partial charge < -0.3 is 15.7 Å². The number of hydrogen-bond donors (Lipinski definition) is 3. The van der Waals surface area contributed by atoms with E-state index in [1.165, 1.54) is 0 Å². The summed E-state index contributed by atoms with van der Waals surface area (Å²) in [6, 6.07) is -2.90. The number of amides is 2. The van der Waals surface area contributed by atoms with Gasteiger partial charge in [0.1, 0.15) is 6.04 Å². The molecule has 0 fully saturated rings. The fourth-order valence-corrected chi connectivity index (χ4v) is 0.771. The Bertz CT molecular complexity index is 255. The minimum absolute atomic E-state index is 0.0166. The normalized spacial score (nSPS) is 13.0. The van der Waals surface area contributed by atoms with E-state index in [0.29, 0.717) is 0 Å². The van der Waals surface area contributed by atoms with E-state index in [-0.39, 0.29) is 19.4 Å². The lowest BCUT2D eigenvalue weighted by atomic mass is 10.3. The van der Waals surface area contributed by atoms with Crippen LogP contribution in [0, 0.1) is 0 Å². The summed E-state index contributed by atoms with van der Waals surface area (Å²) in [6.07, 6.45) is -4.46. The number of halogens is 3. The van der Waals surface area contributed by atoms with Gasteiger partial charge in [-0.3, -0.25) is 4.79 Å². The summed E-state index contributed by atoms with van der Waals surface area (Å²) in [5.74, 6) is -1.02. The van der Waals surface area contributed by atoms with Crippen LogP contribution in [-0.2, 0) is 4.79 Å². The maximum Gasteiger partial charge on any atom is 0.408 e. The lowest BCUT2D eigenvalue weighted by Gasteiger charge is -2.17. The highest BCUT2D eigenvalue weighted by Crippen LogP contribution is 2.19. The van der Waals surface area contributed by atoms with E-state index in [1.807, 2.05) is 0 Å². The number of nitrogens with one attached hydrogen (secondary N) is 2. The van der Waals surface area contributed by atoms with Crippen molar-refractivity contribution in [2.75, 3.05) is 6.54 Å². The number of alkyl halides is 3. The first-order valence-corrected chi connectivity index (χ1v) is 4.56. The summed E-state index contributed by atoms with van der Waals surface area (Å²) in [4.78, 5) is 21.0. The maximum absolute atomic E-state index is 12.0. The maximum atomic E-state index is 12.0. The Balaban J connectivity index is 3.71. The van der Waals surface area contributed by atoms with Crippen molar-refractivity contribution in [3.05, 3.63) is 0 Å². The molecule has 0 saturated carbocycles. The number of carbonyl (C=O) groups is 2. The summed E-state index contributed by atoms with van der Waals surface area (Å²) in [5, 5.41) is 12.1. The van der Waals surface area contributed by atoms with Crippen LogP contribution < -0.4 is 10.6 Å². The van der Waals surface area contributed by atoms with Gasteiger partial charge in [0.2, 0.25) is 0 Å². The van der Waals surface area contributed by atoms with Crippen LogP contribution in [0.5, 0.6) is 0 Å². The monoisotopic (exact) mass is 242 g/mol. The van der Waals surface area contributed by atoms with Crippen LogP contribution in [0.3, 0.4) is 0 Å². The number of hydrogen-bond acceptors (Lipinski definition) is 2. The molecule has 0 aliphatic heterocycles. The third-order valence-corrected chi connectivity index (χ3v) is 1.69. The van der Waals surface area contributed by atoms with Crippen molar-refractivity contribution in [3.63, 3.8) is 0 Å². The molecule has 0 rings (SSSR count). The Morgan fingerprint density at radius 1 is 1.38 bits per heavy atom. The molecule has 1 atom stereocenters. The van der Waals surface area contributed by atoms with Crippen LogP contribution in [0.25, 0.3) is 0 Å². The van der Waals surface area contributed by atoms with Crippen LogP contribution in [0.1, 0.15) is 19.8 Å². The highest BCUT2D eigenvalue weighted by Gasteiger charge is 2.36. The zero-order valence-corrected chi connectivity index (χ0v) is 8.60. The van der Waals surface area contributed by atoms with E-state index < -0.39 is 24.2 Å². The predicted octanol–water partition coefficient (Wildman–Crippen LogP) is 1.10. The highest BCUT2D eigenvalue weighted by atomic mass is 19.4. The molecule has 2 amide bonds. The molecule has 0 aromatic carbocycles.